The van der Waals surface area contributed by atoms with Gasteiger partial charge in [-0.15, -0.1) is 0 Å². The predicted molar refractivity (Wildman–Crippen MR) is 86.3 cm³/mol. The molecule has 1 aliphatic carbocycles. The summed E-state index contributed by atoms with van der Waals surface area (Å²) in [6, 6.07) is 0. The lowest BCUT2D eigenvalue weighted by Crippen LogP contribution is -2.24. The molecule has 0 N–H and O–H groups in total. The van der Waals surface area contributed by atoms with Gasteiger partial charge in [-0.1, -0.05) is 0 Å². The predicted octanol–water partition coefficient (Wildman–Crippen LogP) is 4.10. The van der Waals surface area contributed by atoms with Crippen LogP contribution in [0.5, 0.6) is 0 Å². The van der Waals surface area contributed by atoms with E-state index in [0.717, 1.165) is 36.8 Å². The van der Waals surface area contributed by atoms with Crippen molar-refractivity contribution in [3.05, 3.63) is 23.3 Å². The molecule has 4 nitrogen and oxygen atoms in total. The molecule has 0 radical (unpaired) electrons. The normalized spacial score (nSPS) is 20.1. The Morgan fingerprint density at radius 1 is 0.773 bits per heavy atom. The van der Waals surface area contributed by atoms with Crippen molar-refractivity contribution in [2.24, 2.45) is 0 Å². The van der Waals surface area contributed by atoms with Crippen LogP contribution in [0.4, 0.5) is 0 Å². The van der Waals surface area contributed by atoms with E-state index in [9.17, 15) is 9.59 Å². The number of rotatable bonds is 2. The van der Waals surface area contributed by atoms with Crippen LogP contribution >= 0.6 is 0 Å². The third kappa shape index (κ3) is 7.43. The van der Waals surface area contributed by atoms with Crippen molar-refractivity contribution < 1.29 is 19.1 Å². The molecular formula is C18H28O4. The quantitative estimate of drug-likeness (QED) is 0.569. The molecule has 1 fully saturated rings. The van der Waals surface area contributed by atoms with Gasteiger partial charge < -0.3 is 9.47 Å². The highest BCUT2D eigenvalue weighted by atomic mass is 16.6. The van der Waals surface area contributed by atoms with Crippen molar-refractivity contribution in [2.75, 3.05) is 0 Å². The van der Waals surface area contributed by atoms with Crippen molar-refractivity contribution >= 4 is 11.9 Å². The van der Waals surface area contributed by atoms with Gasteiger partial charge in [-0.2, -0.15) is 0 Å². The molecule has 124 valence electrons. The highest BCUT2D eigenvalue weighted by Gasteiger charge is 2.20. The molecule has 0 unspecified atom stereocenters. The fourth-order valence-electron chi connectivity index (χ4n) is 2.23. The second-order valence-corrected chi connectivity index (χ2v) is 7.61. The van der Waals surface area contributed by atoms with E-state index in [4.69, 9.17) is 9.47 Å². The molecule has 0 bridgehead atoms. The number of carbonyl (C=O) groups excluding carboxylic acids is 2. The van der Waals surface area contributed by atoms with Crippen LogP contribution in [0.25, 0.3) is 0 Å². The van der Waals surface area contributed by atoms with Gasteiger partial charge in [0, 0.05) is 12.2 Å². The first-order chi connectivity index (χ1) is 9.96. The van der Waals surface area contributed by atoms with E-state index in [-0.39, 0.29) is 11.9 Å². The molecule has 0 atom stereocenters. The Morgan fingerprint density at radius 2 is 1.09 bits per heavy atom. The fourth-order valence-corrected chi connectivity index (χ4v) is 2.23. The van der Waals surface area contributed by atoms with Gasteiger partial charge in [0.15, 0.2) is 0 Å². The summed E-state index contributed by atoms with van der Waals surface area (Å²) in [5, 5.41) is 0. The van der Waals surface area contributed by atoms with Gasteiger partial charge in [0.2, 0.25) is 0 Å². The number of hydrogen-bond donors (Lipinski definition) is 0. The van der Waals surface area contributed by atoms with Gasteiger partial charge in [-0.05, 0) is 78.4 Å². The monoisotopic (exact) mass is 308 g/mol. The lowest BCUT2D eigenvalue weighted by Gasteiger charge is -2.22. The second-order valence-electron chi connectivity index (χ2n) is 7.61. The first kappa shape index (κ1) is 18.5. The average molecular weight is 308 g/mol. The maximum Gasteiger partial charge on any atom is 0.331 e. The van der Waals surface area contributed by atoms with Crippen LogP contribution in [0.2, 0.25) is 0 Å². The number of hydrogen-bond acceptors (Lipinski definition) is 4. The summed E-state index contributed by atoms with van der Waals surface area (Å²) in [4.78, 5) is 23.9. The lowest BCUT2D eigenvalue weighted by atomic mass is 9.89. The van der Waals surface area contributed by atoms with E-state index in [2.05, 4.69) is 0 Å². The van der Waals surface area contributed by atoms with Crippen LogP contribution in [0.1, 0.15) is 67.2 Å². The van der Waals surface area contributed by atoms with Crippen LogP contribution in [-0.4, -0.2) is 23.1 Å². The molecule has 0 amide bonds. The Morgan fingerprint density at radius 3 is 1.36 bits per heavy atom. The van der Waals surface area contributed by atoms with Crippen molar-refractivity contribution in [1.29, 1.82) is 0 Å². The van der Waals surface area contributed by atoms with Crippen LogP contribution in [0.15, 0.2) is 23.3 Å². The fraction of sp³-hybridized carbons (Fsp3) is 0.667. The van der Waals surface area contributed by atoms with Crippen molar-refractivity contribution in [3.63, 3.8) is 0 Å². The minimum absolute atomic E-state index is 0.362. The zero-order chi connectivity index (χ0) is 17.0. The molecule has 1 saturated carbocycles. The number of ether oxygens (including phenoxy) is 2. The van der Waals surface area contributed by atoms with Crippen molar-refractivity contribution in [3.8, 4) is 0 Å². The molecule has 1 rings (SSSR count). The molecule has 4 heteroatoms. The molecule has 0 aliphatic heterocycles. The summed E-state index contributed by atoms with van der Waals surface area (Å²) in [5.41, 5.74) is 0.730. The van der Waals surface area contributed by atoms with E-state index in [0.29, 0.717) is 0 Å². The third-order valence-electron chi connectivity index (χ3n) is 2.95. The zero-order valence-corrected chi connectivity index (χ0v) is 14.6. The van der Waals surface area contributed by atoms with Gasteiger partial charge in [0.25, 0.3) is 0 Å². The summed E-state index contributed by atoms with van der Waals surface area (Å²) in [5.74, 6) is -0.723. The largest absolute Gasteiger partial charge is 0.457 e. The second kappa shape index (κ2) is 7.12. The molecule has 0 aromatic rings. The van der Waals surface area contributed by atoms with Gasteiger partial charge >= 0.3 is 11.9 Å². The minimum Gasteiger partial charge on any atom is -0.457 e. The number of carbonyl (C=O) groups is 2. The van der Waals surface area contributed by atoms with Crippen molar-refractivity contribution in [2.45, 2.75) is 78.4 Å². The Balaban J connectivity index is 2.87. The smallest absolute Gasteiger partial charge is 0.331 e. The Hall–Kier alpha value is -1.58. The van der Waals surface area contributed by atoms with E-state index in [1.807, 2.05) is 41.5 Å². The first-order valence-corrected chi connectivity index (χ1v) is 7.84. The van der Waals surface area contributed by atoms with E-state index < -0.39 is 11.2 Å². The SMILES string of the molecule is CC(C)(C)OC(=O)/C=C1\CCCC\C1=C/C(=O)OC(C)(C)C. The molecule has 0 saturated heterocycles. The molecule has 1 aliphatic rings. The third-order valence-corrected chi connectivity index (χ3v) is 2.95. The van der Waals surface area contributed by atoms with E-state index >= 15 is 0 Å². The van der Waals surface area contributed by atoms with Gasteiger partial charge in [0.05, 0.1) is 0 Å². The molecule has 0 aromatic carbocycles. The molecule has 0 spiro atoms. The molecule has 0 aromatic heterocycles. The maximum absolute atomic E-state index is 11.9. The van der Waals surface area contributed by atoms with Gasteiger partial charge in [-0.25, -0.2) is 9.59 Å². The highest BCUT2D eigenvalue weighted by Crippen LogP contribution is 2.29. The standard InChI is InChI=1S/C18H28O4/c1-17(2,3)21-15(19)11-13-9-7-8-10-14(13)12-16(20)22-18(4,5)6/h11-12H,7-10H2,1-6H3/b13-11+,14-12+. The average Bonchev–Trinajstić information content (AvgIpc) is 2.26. The van der Waals surface area contributed by atoms with Gasteiger partial charge in [-0.3, -0.25) is 0 Å². The summed E-state index contributed by atoms with van der Waals surface area (Å²) in [6.07, 6.45) is 6.63. The van der Waals surface area contributed by atoms with Crippen LogP contribution in [-0.2, 0) is 19.1 Å². The summed E-state index contributed by atoms with van der Waals surface area (Å²) >= 11 is 0. The van der Waals surface area contributed by atoms with Crippen LogP contribution in [0.3, 0.4) is 0 Å². The lowest BCUT2D eigenvalue weighted by molar-refractivity contribution is -0.149. The zero-order valence-electron chi connectivity index (χ0n) is 14.6. The molecule has 0 heterocycles. The van der Waals surface area contributed by atoms with Crippen LogP contribution < -0.4 is 0 Å². The highest BCUT2D eigenvalue weighted by molar-refractivity contribution is 5.87. The number of esters is 2. The molecular weight excluding hydrogens is 280 g/mol. The topological polar surface area (TPSA) is 52.6 Å². The summed E-state index contributed by atoms with van der Waals surface area (Å²) < 4.78 is 10.6. The van der Waals surface area contributed by atoms with Gasteiger partial charge in [0.1, 0.15) is 11.2 Å². The minimum atomic E-state index is -0.516. The first-order valence-electron chi connectivity index (χ1n) is 7.84. The Labute approximate surface area is 133 Å². The number of allylic oxidation sites excluding steroid dienone is 2. The van der Waals surface area contributed by atoms with Crippen molar-refractivity contribution in [1.82, 2.24) is 0 Å². The van der Waals surface area contributed by atoms with E-state index in [1.54, 1.807) is 0 Å². The van der Waals surface area contributed by atoms with Crippen LogP contribution in [0, 0.1) is 0 Å². The Kier molecular flexibility index (Phi) is 5.98. The Bertz CT molecular complexity index is 438. The maximum atomic E-state index is 11.9. The summed E-state index contributed by atoms with van der Waals surface area (Å²) in [6.45, 7) is 11.0. The molecule has 22 heavy (non-hydrogen) atoms. The van der Waals surface area contributed by atoms with E-state index in [1.165, 1.54) is 12.2 Å². The summed E-state index contributed by atoms with van der Waals surface area (Å²) in [7, 11) is 0.